The van der Waals surface area contributed by atoms with Gasteiger partial charge in [0.1, 0.15) is 5.75 Å². The average Bonchev–Trinajstić information content (AvgIpc) is 2.46. The number of benzene rings is 2. The van der Waals surface area contributed by atoms with Crippen LogP contribution in [0.5, 0.6) is 5.75 Å². The first-order valence-corrected chi connectivity index (χ1v) is 6.79. The fourth-order valence-corrected chi connectivity index (χ4v) is 2.30. The van der Waals surface area contributed by atoms with Crippen LogP contribution < -0.4 is 9.64 Å². The summed E-state index contributed by atoms with van der Waals surface area (Å²) >= 11 is 12.0. The molecule has 0 heterocycles. The number of nitrogens with zero attached hydrogens (tertiary/aromatic N) is 1. The number of anilines is 2. The lowest BCUT2D eigenvalue weighted by Crippen LogP contribution is -2.11. The van der Waals surface area contributed by atoms with Crippen LogP contribution in [-0.4, -0.2) is 14.2 Å². The Kier molecular flexibility index (Phi) is 4.56. The Bertz CT molecular complexity index is 555. The van der Waals surface area contributed by atoms with E-state index in [0.29, 0.717) is 10.9 Å². The third kappa shape index (κ3) is 3.14. The zero-order valence-corrected chi connectivity index (χ0v) is 12.4. The van der Waals surface area contributed by atoms with E-state index in [1.54, 1.807) is 7.11 Å². The molecule has 0 spiro atoms. The van der Waals surface area contributed by atoms with Crippen LogP contribution in [-0.2, 0) is 5.88 Å². The van der Waals surface area contributed by atoms with Crippen LogP contribution in [0.25, 0.3) is 0 Å². The van der Waals surface area contributed by atoms with Crippen LogP contribution >= 0.6 is 23.2 Å². The maximum atomic E-state index is 6.06. The van der Waals surface area contributed by atoms with E-state index >= 15 is 0 Å². The van der Waals surface area contributed by atoms with Gasteiger partial charge in [0.15, 0.2) is 0 Å². The summed E-state index contributed by atoms with van der Waals surface area (Å²) in [5, 5.41) is 0.698. The van der Waals surface area contributed by atoms with Crippen molar-refractivity contribution < 1.29 is 4.74 Å². The molecular formula is C15H15Cl2NO. The van der Waals surface area contributed by atoms with Crippen molar-refractivity contribution in [1.82, 2.24) is 0 Å². The maximum Gasteiger partial charge on any atom is 0.119 e. The quantitative estimate of drug-likeness (QED) is 0.747. The molecule has 0 aliphatic rings. The molecule has 0 fully saturated rings. The zero-order chi connectivity index (χ0) is 13.8. The summed E-state index contributed by atoms with van der Waals surface area (Å²) in [4.78, 5) is 2.06. The van der Waals surface area contributed by atoms with Crippen LogP contribution in [0.3, 0.4) is 0 Å². The number of methoxy groups -OCH3 is 1. The monoisotopic (exact) mass is 295 g/mol. The van der Waals surface area contributed by atoms with Gasteiger partial charge < -0.3 is 9.64 Å². The van der Waals surface area contributed by atoms with Crippen molar-refractivity contribution in [1.29, 1.82) is 0 Å². The normalized spacial score (nSPS) is 10.3. The first-order valence-electron chi connectivity index (χ1n) is 5.88. The molecule has 0 N–H and O–H groups in total. The summed E-state index contributed by atoms with van der Waals surface area (Å²) in [6.07, 6.45) is 0. The number of rotatable bonds is 4. The van der Waals surface area contributed by atoms with Gasteiger partial charge in [-0.25, -0.2) is 0 Å². The van der Waals surface area contributed by atoms with Crippen molar-refractivity contribution in [2.24, 2.45) is 0 Å². The van der Waals surface area contributed by atoms with Crippen LogP contribution in [0.2, 0.25) is 5.02 Å². The summed E-state index contributed by atoms with van der Waals surface area (Å²) in [6.45, 7) is 0. The molecule has 0 radical (unpaired) electrons. The second-order valence-electron chi connectivity index (χ2n) is 4.16. The number of ether oxygens (including phenoxy) is 1. The number of hydrogen-bond acceptors (Lipinski definition) is 2. The van der Waals surface area contributed by atoms with Gasteiger partial charge in [-0.15, -0.1) is 11.6 Å². The lowest BCUT2D eigenvalue weighted by atomic mass is 10.1. The highest BCUT2D eigenvalue weighted by Gasteiger charge is 2.09. The minimum atomic E-state index is 0.451. The average molecular weight is 296 g/mol. The topological polar surface area (TPSA) is 12.5 Å². The highest BCUT2D eigenvalue weighted by atomic mass is 35.5. The molecular weight excluding hydrogens is 281 g/mol. The zero-order valence-electron chi connectivity index (χ0n) is 10.9. The van der Waals surface area contributed by atoms with Gasteiger partial charge in [0, 0.05) is 29.3 Å². The van der Waals surface area contributed by atoms with Crippen molar-refractivity contribution in [3.63, 3.8) is 0 Å². The summed E-state index contributed by atoms with van der Waals surface area (Å²) < 4.78 is 5.16. The van der Waals surface area contributed by atoms with Crippen LogP contribution in [0, 0.1) is 0 Å². The van der Waals surface area contributed by atoms with Gasteiger partial charge in [-0.05, 0) is 42.0 Å². The van der Waals surface area contributed by atoms with E-state index in [4.69, 9.17) is 27.9 Å². The lowest BCUT2D eigenvalue weighted by Gasteiger charge is -2.22. The molecule has 2 rings (SSSR count). The Morgan fingerprint density at radius 3 is 2.37 bits per heavy atom. The first kappa shape index (κ1) is 14.0. The SMILES string of the molecule is COc1ccc(N(C)c2cc(Cl)ccc2CCl)cc1. The van der Waals surface area contributed by atoms with Crippen molar-refractivity contribution in [2.45, 2.75) is 5.88 Å². The van der Waals surface area contributed by atoms with Gasteiger partial charge in [0.25, 0.3) is 0 Å². The molecule has 2 aromatic rings. The molecule has 0 amide bonds. The molecule has 0 atom stereocenters. The smallest absolute Gasteiger partial charge is 0.119 e. The molecule has 4 heteroatoms. The fourth-order valence-electron chi connectivity index (χ4n) is 1.91. The van der Waals surface area contributed by atoms with Crippen molar-refractivity contribution in [2.75, 3.05) is 19.1 Å². The Hall–Kier alpha value is -1.38. The third-order valence-electron chi connectivity index (χ3n) is 3.01. The Morgan fingerprint density at radius 2 is 1.79 bits per heavy atom. The van der Waals surface area contributed by atoms with E-state index in [1.165, 1.54) is 0 Å². The van der Waals surface area contributed by atoms with E-state index < -0.39 is 0 Å². The summed E-state index contributed by atoms with van der Waals surface area (Å²) in [7, 11) is 3.64. The molecule has 2 aromatic carbocycles. The predicted molar refractivity (Wildman–Crippen MR) is 82.1 cm³/mol. The molecule has 19 heavy (non-hydrogen) atoms. The Morgan fingerprint density at radius 1 is 1.11 bits per heavy atom. The molecule has 100 valence electrons. The van der Waals surface area contributed by atoms with Crippen LogP contribution in [0.4, 0.5) is 11.4 Å². The van der Waals surface area contributed by atoms with Gasteiger partial charge in [0.05, 0.1) is 7.11 Å². The van der Waals surface area contributed by atoms with E-state index in [0.717, 1.165) is 22.7 Å². The maximum absolute atomic E-state index is 6.06. The predicted octanol–water partition coefficient (Wildman–Crippen LogP) is 4.86. The van der Waals surface area contributed by atoms with Crippen LogP contribution in [0.15, 0.2) is 42.5 Å². The molecule has 2 nitrogen and oxygen atoms in total. The molecule has 0 saturated carbocycles. The highest BCUT2D eigenvalue weighted by molar-refractivity contribution is 6.31. The van der Waals surface area contributed by atoms with Gasteiger partial charge in [0.2, 0.25) is 0 Å². The first-order chi connectivity index (χ1) is 9.15. The fraction of sp³-hybridized carbons (Fsp3) is 0.200. The van der Waals surface area contributed by atoms with Crippen molar-refractivity contribution in [3.8, 4) is 5.75 Å². The Balaban J connectivity index is 2.36. The van der Waals surface area contributed by atoms with Gasteiger partial charge in [-0.2, -0.15) is 0 Å². The second-order valence-corrected chi connectivity index (χ2v) is 4.87. The number of halogens is 2. The number of alkyl halides is 1. The minimum Gasteiger partial charge on any atom is -0.497 e. The molecule has 0 saturated heterocycles. The molecule has 0 unspecified atom stereocenters. The summed E-state index contributed by atoms with van der Waals surface area (Å²) in [5.41, 5.74) is 3.10. The minimum absolute atomic E-state index is 0.451. The lowest BCUT2D eigenvalue weighted by molar-refractivity contribution is 0.415. The number of hydrogen-bond donors (Lipinski definition) is 0. The highest BCUT2D eigenvalue weighted by Crippen LogP contribution is 2.31. The van der Waals surface area contributed by atoms with E-state index in [-0.39, 0.29) is 0 Å². The second kappa shape index (κ2) is 6.18. The summed E-state index contributed by atoms with van der Waals surface area (Å²) in [6, 6.07) is 13.6. The van der Waals surface area contributed by atoms with Gasteiger partial charge in [-0.3, -0.25) is 0 Å². The van der Waals surface area contributed by atoms with Crippen molar-refractivity contribution >= 4 is 34.6 Å². The standard InChI is InChI=1S/C15H15Cl2NO/c1-18(13-5-7-14(19-2)8-6-13)15-9-12(17)4-3-11(15)10-16/h3-9H,10H2,1-2H3. The molecule has 0 bridgehead atoms. The van der Waals surface area contributed by atoms with Gasteiger partial charge in [-0.1, -0.05) is 17.7 Å². The molecule has 0 aromatic heterocycles. The van der Waals surface area contributed by atoms with E-state index in [9.17, 15) is 0 Å². The molecule has 0 aliphatic carbocycles. The third-order valence-corrected chi connectivity index (χ3v) is 3.54. The van der Waals surface area contributed by atoms with E-state index in [1.807, 2.05) is 49.5 Å². The van der Waals surface area contributed by atoms with Crippen LogP contribution in [0.1, 0.15) is 5.56 Å². The summed E-state index contributed by atoms with van der Waals surface area (Å²) in [5.74, 6) is 1.29. The largest absolute Gasteiger partial charge is 0.497 e. The van der Waals surface area contributed by atoms with Crippen molar-refractivity contribution in [3.05, 3.63) is 53.1 Å². The van der Waals surface area contributed by atoms with E-state index in [2.05, 4.69) is 4.90 Å². The Labute approximate surface area is 123 Å². The molecule has 0 aliphatic heterocycles. The van der Waals surface area contributed by atoms with Gasteiger partial charge >= 0.3 is 0 Å².